The summed E-state index contributed by atoms with van der Waals surface area (Å²) >= 11 is 0. The fourth-order valence-corrected chi connectivity index (χ4v) is 4.89. The number of fused-ring (bicyclic) bond motifs is 1. The summed E-state index contributed by atoms with van der Waals surface area (Å²) in [5, 5.41) is 12.6. The van der Waals surface area contributed by atoms with E-state index in [0.29, 0.717) is 12.8 Å². The largest absolute Gasteiger partial charge is 0.377 e. The van der Waals surface area contributed by atoms with Crippen molar-refractivity contribution >= 4 is 20.8 Å². The van der Waals surface area contributed by atoms with Gasteiger partial charge in [0.05, 0.1) is 4.90 Å². The molecular weight excluding hydrogens is 370 g/mol. The summed E-state index contributed by atoms with van der Waals surface area (Å²) in [7, 11) is -3.60. The highest BCUT2D eigenvalue weighted by Gasteiger charge is 2.36. The third-order valence-electron chi connectivity index (χ3n) is 5.12. The monoisotopic (exact) mass is 391 g/mol. The predicted molar refractivity (Wildman–Crippen MR) is 110 cm³/mol. The van der Waals surface area contributed by atoms with Crippen LogP contribution in [0.2, 0.25) is 0 Å². The molecule has 0 radical (unpaired) electrons. The molecule has 0 atom stereocenters. The molecule has 1 aliphatic heterocycles. The number of aliphatic hydroxyl groups is 1. The SMILES string of the molecule is O=S(=O)(c1ccc2ccccc2c1)N1CCC(O)(C#Cc2ccccc2)CC1. The van der Waals surface area contributed by atoms with E-state index in [1.165, 1.54) is 4.31 Å². The van der Waals surface area contributed by atoms with Crippen LogP contribution in [0.15, 0.2) is 77.7 Å². The second-order valence-corrected chi connectivity index (χ2v) is 9.00. The molecule has 4 nitrogen and oxygen atoms in total. The van der Waals surface area contributed by atoms with Crippen molar-refractivity contribution in [3.63, 3.8) is 0 Å². The van der Waals surface area contributed by atoms with Crippen molar-refractivity contribution < 1.29 is 13.5 Å². The fraction of sp³-hybridized carbons (Fsp3) is 0.217. The smallest absolute Gasteiger partial charge is 0.243 e. The van der Waals surface area contributed by atoms with E-state index >= 15 is 0 Å². The lowest BCUT2D eigenvalue weighted by Gasteiger charge is -2.34. The van der Waals surface area contributed by atoms with Gasteiger partial charge in [-0.3, -0.25) is 0 Å². The predicted octanol–water partition coefficient (Wildman–Crippen LogP) is 3.41. The number of sulfonamides is 1. The van der Waals surface area contributed by atoms with Crippen LogP contribution in [0.3, 0.4) is 0 Å². The Morgan fingerprint density at radius 3 is 2.21 bits per heavy atom. The molecule has 0 amide bonds. The molecule has 1 saturated heterocycles. The molecule has 0 aliphatic carbocycles. The van der Waals surface area contributed by atoms with Crippen LogP contribution in [0.25, 0.3) is 10.8 Å². The Morgan fingerprint density at radius 2 is 1.50 bits per heavy atom. The van der Waals surface area contributed by atoms with E-state index < -0.39 is 15.6 Å². The number of hydrogen-bond acceptors (Lipinski definition) is 3. The van der Waals surface area contributed by atoms with Crippen LogP contribution in [0.4, 0.5) is 0 Å². The van der Waals surface area contributed by atoms with Gasteiger partial charge in [-0.15, -0.1) is 0 Å². The number of rotatable bonds is 2. The fourth-order valence-electron chi connectivity index (χ4n) is 3.41. The zero-order valence-electron chi connectivity index (χ0n) is 15.4. The van der Waals surface area contributed by atoms with Crippen molar-refractivity contribution in [3.05, 3.63) is 78.4 Å². The Morgan fingerprint density at radius 1 is 0.857 bits per heavy atom. The number of benzene rings is 3. The lowest BCUT2D eigenvalue weighted by atomic mass is 9.93. The molecule has 5 heteroatoms. The molecule has 0 saturated carbocycles. The van der Waals surface area contributed by atoms with Gasteiger partial charge in [0.1, 0.15) is 5.60 Å². The topological polar surface area (TPSA) is 57.6 Å². The van der Waals surface area contributed by atoms with Gasteiger partial charge in [-0.1, -0.05) is 60.4 Å². The maximum atomic E-state index is 13.0. The summed E-state index contributed by atoms with van der Waals surface area (Å²) in [4.78, 5) is 0.284. The molecule has 0 aromatic heterocycles. The van der Waals surface area contributed by atoms with Gasteiger partial charge in [0.2, 0.25) is 10.0 Å². The first kappa shape index (κ1) is 18.7. The van der Waals surface area contributed by atoms with Crippen LogP contribution < -0.4 is 0 Å². The second-order valence-electron chi connectivity index (χ2n) is 7.06. The average molecular weight is 391 g/mol. The summed E-state index contributed by atoms with van der Waals surface area (Å²) in [6, 6.07) is 22.3. The number of hydrogen-bond donors (Lipinski definition) is 1. The van der Waals surface area contributed by atoms with E-state index in [0.717, 1.165) is 16.3 Å². The van der Waals surface area contributed by atoms with Crippen LogP contribution in [0.1, 0.15) is 18.4 Å². The highest BCUT2D eigenvalue weighted by molar-refractivity contribution is 7.89. The maximum absolute atomic E-state index is 13.0. The molecule has 1 heterocycles. The molecule has 3 aromatic carbocycles. The van der Waals surface area contributed by atoms with E-state index in [1.807, 2.05) is 60.7 Å². The number of nitrogens with zero attached hydrogens (tertiary/aromatic N) is 1. The molecule has 0 unspecified atom stereocenters. The lowest BCUT2D eigenvalue weighted by molar-refractivity contribution is 0.0488. The molecule has 1 N–H and O–H groups in total. The van der Waals surface area contributed by atoms with Gasteiger partial charge < -0.3 is 5.11 Å². The van der Waals surface area contributed by atoms with Crippen molar-refractivity contribution in [2.24, 2.45) is 0 Å². The van der Waals surface area contributed by atoms with E-state index in [4.69, 9.17) is 0 Å². The molecule has 0 bridgehead atoms. The molecule has 1 fully saturated rings. The van der Waals surface area contributed by atoms with Gasteiger partial charge in [0.15, 0.2) is 0 Å². The Kier molecular flexibility index (Phi) is 4.94. The third-order valence-corrected chi connectivity index (χ3v) is 7.02. The first-order chi connectivity index (χ1) is 13.5. The minimum absolute atomic E-state index is 0.245. The maximum Gasteiger partial charge on any atom is 0.243 e. The molecule has 28 heavy (non-hydrogen) atoms. The average Bonchev–Trinajstić information content (AvgIpc) is 2.73. The zero-order valence-corrected chi connectivity index (χ0v) is 16.2. The Bertz CT molecular complexity index is 1150. The normalized spacial score (nSPS) is 17.0. The van der Waals surface area contributed by atoms with Crippen molar-refractivity contribution in [1.82, 2.24) is 4.31 Å². The van der Waals surface area contributed by atoms with Crippen molar-refractivity contribution in [2.75, 3.05) is 13.1 Å². The molecule has 1 aliphatic rings. The van der Waals surface area contributed by atoms with Crippen LogP contribution >= 0.6 is 0 Å². The van der Waals surface area contributed by atoms with E-state index in [1.54, 1.807) is 12.1 Å². The van der Waals surface area contributed by atoms with Gasteiger partial charge in [-0.2, -0.15) is 4.31 Å². The second kappa shape index (κ2) is 7.40. The summed E-state index contributed by atoms with van der Waals surface area (Å²) in [5.41, 5.74) is -0.326. The molecule has 0 spiro atoms. The zero-order chi connectivity index (χ0) is 19.6. The first-order valence-corrected chi connectivity index (χ1v) is 10.7. The van der Waals surface area contributed by atoms with Crippen LogP contribution in [0, 0.1) is 11.8 Å². The summed E-state index contributed by atoms with van der Waals surface area (Å²) in [6.45, 7) is 0.490. The van der Waals surface area contributed by atoms with Crippen LogP contribution in [-0.2, 0) is 10.0 Å². The van der Waals surface area contributed by atoms with Gasteiger partial charge in [-0.25, -0.2) is 8.42 Å². The summed E-state index contributed by atoms with van der Waals surface area (Å²) < 4.78 is 27.5. The van der Waals surface area contributed by atoms with E-state index in [9.17, 15) is 13.5 Å². The van der Waals surface area contributed by atoms with E-state index in [-0.39, 0.29) is 18.0 Å². The summed E-state index contributed by atoms with van der Waals surface area (Å²) in [5.74, 6) is 5.93. The van der Waals surface area contributed by atoms with Crippen LogP contribution in [0.5, 0.6) is 0 Å². The Hall–Kier alpha value is -2.65. The van der Waals surface area contributed by atoms with Crippen LogP contribution in [-0.4, -0.2) is 36.5 Å². The molecule has 3 aromatic rings. The number of piperidine rings is 1. The lowest BCUT2D eigenvalue weighted by Crippen LogP contribution is -2.45. The minimum atomic E-state index is -3.60. The molecule has 4 rings (SSSR count). The van der Waals surface area contributed by atoms with Crippen molar-refractivity contribution in [3.8, 4) is 11.8 Å². The highest BCUT2D eigenvalue weighted by Crippen LogP contribution is 2.28. The van der Waals surface area contributed by atoms with Crippen molar-refractivity contribution in [1.29, 1.82) is 0 Å². The van der Waals surface area contributed by atoms with Gasteiger partial charge in [-0.05, 0) is 35.0 Å². The Labute approximate surface area is 165 Å². The third kappa shape index (κ3) is 3.81. The standard InChI is InChI=1S/C23H21NO3S/c25-23(13-12-19-6-2-1-3-7-19)14-16-24(17-15-23)28(26,27)22-11-10-20-8-4-5-9-21(20)18-22/h1-11,18,25H,14-17H2. The minimum Gasteiger partial charge on any atom is -0.377 e. The van der Waals surface area contributed by atoms with Gasteiger partial charge in [0, 0.05) is 31.5 Å². The highest BCUT2D eigenvalue weighted by atomic mass is 32.2. The summed E-state index contributed by atoms with van der Waals surface area (Å²) in [6.07, 6.45) is 0.583. The quantitative estimate of drug-likeness (QED) is 0.681. The van der Waals surface area contributed by atoms with Gasteiger partial charge in [0.25, 0.3) is 0 Å². The van der Waals surface area contributed by atoms with Crippen molar-refractivity contribution in [2.45, 2.75) is 23.3 Å². The molecular formula is C23H21NO3S. The van der Waals surface area contributed by atoms with Gasteiger partial charge >= 0.3 is 0 Å². The van der Waals surface area contributed by atoms with E-state index in [2.05, 4.69) is 11.8 Å². The molecule has 142 valence electrons. The first-order valence-electron chi connectivity index (χ1n) is 9.26. The Balaban J connectivity index is 1.51.